The van der Waals surface area contributed by atoms with Crippen LogP contribution in [0.2, 0.25) is 0 Å². The van der Waals surface area contributed by atoms with Crippen molar-refractivity contribution in [3.63, 3.8) is 0 Å². The van der Waals surface area contributed by atoms with Crippen LogP contribution in [0.3, 0.4) is 0 Å². The van der Waals surface area contributed by atoms with Crippen LogP contribution >= 0.6 is 0 Å². The van der Waals surface area contributed by atoms with Gasteiger partial charge < -0.3 is 9.64 Å². The molecule has 3 aliphatic rings. The quantitative estimate of drug-likeness (QED) is 0.396. The van der Waals surface area contributed by atoms with E-state index < -0.39 is 21.2 Å². The van der Waals surface area contributed by atoms with E-state index in [9.17, 15) is 20.2 Å². The number of non-ortho nitro benzene ring substituents is 2. The number of hydrogen-bond donors (Lipinski definition) is 0. The highest BCUT2D eigenvalue weighted by atomic mass is 16.6. The van der Waals surface area contributed by atoms with Gasteiger partial charge in [0.05, 0.1) is 9.85 Å². The van der Waals surface area contributed by atoms with Crippen molar-refractivity contribution in [1.82, 2.24) is 0 Å². The van der Waals surface area contributed by atoms with Crippen molar-refractivity contribution in [2.75, 3.05) is 11.6 Å². The minimum Gasteiger partial charge on any atom is -0.347 e. The number of nitro groups is 2. The van der Waals surface area contributed by atoms with E-state index in [4.69, 9.17) is 15.3 Å². The van der Waals surface area contributed by atoms with Crippen molar-refractivity contribution in [3.8, 4) is 0 Å². The van der Waals surface area contributed by atoms with Crippen molar-refractivity contribution in [3.05, 3.63) is 74.2 Å². The van der Waals surface area contributed by atoms with E-state index in [0.717, 1.165) is 31.4 Å². The molecule has 1 saturated carbocycles. The van der Waals surface area contributed by atoms with Gasteiger partial charge in [0, 0.05) is 42.1 Å². The smallest absolute Gasteiger partial charge is 0.269 e. The maximum absolute atomic E-state index is 11.0. The Hall–Kier alpha value is -3.60. The first-order valence-corrected chi connectivity index (χ1v) is 10.1. The second-order valence-corrected chi connectivity index (χ2v) is 7.90. The number of benzene rings is 2. The third-order valence-electron chi connectivity index (χ3n) is 6.23. The lowest BCUT2D eigenvalue weighted by Crippen LogP contribution is -2.54. The first kappa shape index (κ1) is 19.4. The molecule has 11 heteroatoms. The summed E-state index contributed by atoms with van der Waals surface area (Å²) in [5.74, 6) is 0. The largest absolute Gasteiger partial charge is 0.347 e. The van der Waals surface area contributed by atoms with E-state index in [1.807, 2.05) is 4.90 Å². The van der Waals surface area contributed by atoms with E-state index in [-0.39, 0.29) is 18.1 Å². The molecule has 31 heavy (non-hydrogen) atoms. The fourth-order valence-corrected chi connectivity index (χ4v) is 4.66. The Kier molecular flexibility index (Phi) is 4.36. The molecule has 160 valence electrons. The van der Waals surface area contributed by atoms with Crippen molar-refractivity contribution >= 4 is 22.7 Å². The molecule has 0 radical (unpaired) electrons. The summed E-state index contributed by atoms with van der Waals surface area (Å²) in [6.45, 7) is 0.277. The monoisotopic (exact) mass is 424 g/mol. The van der Waals surface area contributed by atoms with Crippen LogP contribution in [0.5, 0.6) is 0 Å². The maximum Gasteiger partial charge on any atom is 0.269 e. The molecule has 1 saturated heterocycles. The van der Waals surface area contributed by atoms with Gasteiger partial charge in [-0.05, 0) is 25.0 Å². The van der Waals surface area contributed by atoms with Gasteiger partial charge in [-0.25, -0.2) is 0 Å². The molecule has 2 aromatic carbocycles. The highest BCUT2D eigenvalue weighted by molar-refractivity contribution is 5.56. The van der Waals surface area contributed by atoms with Crippen LogP contribution in [0.1, 0.15) is 32.1 Å². The zero-order chi connectivity index (χ0) is 21.6. The van der Waals surface area contributed by atoms with Gasteiger partial charge in [-0.2, -0.15) is 10.5 Å². The van der Waals surface area contributed by atoms with E-state index in [1.54, 1.807) is 24.3 Å². The summed E-state index contributed by atoms with van der Waals surface area (Å²) in [5.41, 5.74) is 4.75. The minimum atomic E-state index is -0.868. The van der Waals surface area contributed by atoms with E-state index in [2.05, 4.69) is 0 Å². The molecule has 0 spiro atoms. The summed E-state index contributed by atoms with van der Waals surface area (Å²) in [6.07, 6.45) is 4.36. The van der Waals surface area contributed by atoms with Crippen LogP contribution < -0.4 is 4.90 Å². The second kappa shape index (κ2) is 6.98. The average molecular weight is 424 g/mol. The van der Waals surface area contributed by atoms with Crippen LogP contribution in [0, 0.1) is 20.2 Å². The van der Waals surface area contributed by atoms with Crippen LogP contribution in [-0.2, 0) is 4.74 Å². The molecule has 2 aromatic rings. The fraction of sp³-hybridized carbons (Fsp3) is 0.400. The molecule has 11 nitrogen and oxygen atoms in total. The van der Waals surface area contributed by atoms with Crippen LogP contribution in [-0.4, -0.2) is 32.8 Å². The van der Waals surface area contributed by atoms with E-state index in [0.29, 0.717) is 12.1 Å². The summed E-state index contributed by atoms with van der Waals surface area (Å²) in [6, 6.07) is 12.5. The number of anilines is 1. The number of hydrogen-bond acceptors (Lipinski definition) is 7. The van der Waals surface area contributed by atoms with Crippen molar-refractivity contribution in [2.45, 2.75) is 43.5 Å². The number of azo groups is 1. The van der Waals surface area contributed by atoms with Gasteiger partial charge in [-0.1, -0.05) is 19.3 Å². The van der Waals surface area contributed by atoms with E-state index in [1.165, 1.54) is 29.1 Å². The van der Waals surface area contributed by atoms with Gasteiger partial charge >= 0.3 is 0 Å². The van der Waals surface area contributed by atoms with Crippen molar-refractivity contribution in [2.24, 2.45) is 5.11 Å². The molecule has 0 aromatic heterocycles. The summed E-state index contributed by atoms with van der Waals surface area (Å²) in [5, 5.41) is 26.9. The van der Waals surface area contributed by atoms with Gasteiger partial charge in [0.2, 0.25) is 5.69 Å². The second-order valence-electron chi connectivity index (χ2n) is 7.90. The van der Waals surface area contributed by atoms with Crippen molar-refractivity contribution in [1.29, 1.82) is 0 Å². The highest BCUT2D eigenvalue weighted by Gasteiger charge is 2.63. The molecule has 2 fully saturated rings. The van der Waals surface area contributed by atoms with Crippen LogP contribution in [0.15, 0.2) is 53.6 Å². The number of rotatable bonds is 4. The van der Waals surface area contributed by atoms with Crippen molar-refractivity contribution < 1.29 is 19.4 Å². The summed E-state index contributed by atoms with van der Waals surface area (Å²) in [7, 11) is 0. The predicted molar refractivity (Wildman–Crippen MR) is 109 cm³/mol. The average Bonchev–Trinajstić information content (AvgIpc) is 3.17. The molecule has 0 N–H and O–H groups in total. The highest BCUT2D eigenvalue weighted by Crippen LogP contribution is 2.57. The molecule has 2 atom stereocenters. The first-order valence-electron chi connectivity index (χ1n) is 10.1. The minimum absolute atomic E-state index is 0.00237. The third-order valence-corrected chi connectivity index (χ3v) is 6.23. The molecule has 0 bridgehead atoms. The molecule has 5 rings (SSSR count). The first-order chi connectivity index (χ1) is 14.9. The molecular weight excluding hydrogens is 404 g/mol. The maximum atomic E-state index is 11.0. The molecule has 0 unspecified atom stereocenters. The summed E-state index contributed by atoms with van der Waals surface area (Å²) in [4.78, 5) is 24.7. The molecule has 0 amide bonds. The van der Waals surface area contributed by atoms with Crippen LogP contribution in [0.25, 0.3) is 5.43 Å². The molecule has 2 aliphatic heterocycles. The predicted octanol–water partition coefficient (Wildman–Crippen LogP) is 4.75. The Labute approximate surface area is 177 Å². The Morgan fingerprint density at radius 1 is 0.935 bits per heavy atom. The molecule has 1 aliphatic carbocycles. The lowest BCUT2D eigenvalue weighted by Gasteiger charge is -2.42. The Morgan fingerprint density at radius 3 is 2.19 bits per heavy atom. The van der Waals surface area contributed by atoms with Gasteiger partial charge in [0.1, 0.15) is 12.4 Å². The van der Waals surface area contributed by atoms with Gasteiger partial charge in [-0.15, -0.1) is 4.81 Å². The Balaban J connectivity index is 1.53. The number of nitrogens with zero attached hydrogens (tertiary/aromatic N) is 6. The molecular formula is C20H20N6O5. The summed E-state index contributed by atoms with van der Waals surface area (Å²) < 4.78 is 6.28. The number of nitro benzene ring substituents is 2. The number of ether oxygens (including phenoxy) is 1. The fourth-order valence-electron chi connectivity index (χ4n) is 4.66. The van der Waals surface area contributed by atoms with Gasteiger partial charge in [-0.3, -0.25) is 20.2 Å². The Bertz CT molecular complexity index is 1070. The molecule has 2 heterocycles. The van der Waals surface area contributed by atoms with Gasteiger partial charge in [0.15, 0.2) is 5.72 Å². The van der Waals surface area contributed by atoms with Gasteiger partial charge in [0.25, 0.3) is 11.4 Å². The van der Waals surface area contributed by atoms with Crippen LogP contribution in [0.4, 0.5) is 22.7 Å². The zero-order valence-corrected chi connectivity index (χ0v) is 16.6. The third kappa shape index (κ3) is 2.92. The normalized spacial score (nSPS) is 27.0. The Morgan fingerprint density at radius 2 is 1.55 bits per heavy atom. The lowest BCUT2D eigenvalue weighted by atomic mass is 9.91. The summed E-state index contributed by atoms with van der Waals surface area (Å²) >= 11 is 0. The zero-order valence-electron chi connectivity index (χ0n) is 16.6. The topological polar surface area (TPSA) is 128 Å². The standard InChI is InChI=1S/C20H20N6O5/c27-25(28)17-8-4-15(5-9-17)23-14-31-20-13-3-1-2-12-19(20,23)21-24(22-20)16-6-10-18(11-7-16)26(29)30/h4-11H,1-3,12-14H2/t19-,20+/m0/s1. The lowest BCUT2D eigenvalue weighted by molar-refractivity contribution is -0.461. The SMILES string of the molecule is O=[N+]([O-])c1ccc(N2CO[C@]34CCCCC[C@]23[N-][N+](c2ccc([N+](=O)[O-])cc2)=N4)cc1. The van der Waals surface area contributed by atoms with E-state index >= 15 is 0 Å².